The lowest BCUT2D eigenvalue weighted by Crippen LogP contribution is -2.27. The van der Waals surface area contributed by atoms with Gasteiger partial charge in [-0.25, -0.2) is 0 Å². The summed E-state index contributed by atoms with van der Waals surface area (Å²) in [5, 5.41) is 0. The van der Waals surface area contributed by atoms with Gasteiger partial charge in [0.1, 0.15) is 0 Å². The first-order valence-electron chi connectivity index (χ1n) is 6.37. The first kappa shape index (κ1) is 12.4. The summed E-state index contributed by atoms with van der Waals surface area (Å²) in [5.41, 5.74) is 7.98. The standard InChI is InChI=1S/C14H22N2O/c1-17-9-3-8-16(14-6-7-14)11-12-4-2-5-13(15)10-12/h2,4-5,10,14H,3,6-9,11,15H2,1H3. The molecule has 3 heteroatoms. The average molecular weight is 234 g/mol. The Labute approximate surface area is 104 Å². The molecule has 0 heterocycles. The molecule has 0 saturated heterocycles. The van der Waals surface area contributed by atoms with Crippen molar-refractivity contribution in [3.63, 3.8) is 0 Å². The van der Waals surface area contributed by atoms with Gasteiger partial charge in [-0.3, -0.25) is 4.90 Å². The minimum absolute atomic E-state index is 0.785. The van der Waals surface area contributed by atoms with E-state index in [0.29, 0.717) is 0 Å². The highest BCUT2D eigenvalue weighted by Crippen LogP contribution is 2.28. The molecule has 2 rings (SSSR count). The second kappa shape index (κ2) is 6.03. The fourth-order valence-corrected chi connectivity index (χ4v) is 2.17. The summed E-state index contributed by atoms with van der Waals surface area (Å²) in [5.74, 6) is 0. The molecular weight excluding hydrogens is 212 g/mol. The summed E-state index contributed by atoms with van der Waals surface area (Å²) in [6.07, 6.45) is 3.79. The maximum absolute atomic E-state index is 5.81. The molecule has 0 atom stereocenters. The zero-order valence-electron chi connectivity index (χ0n) is 10.6. The summed E-state index contributed by atoms with van der Waals surface area (Å²) >= 11 is 0. The van der Waals surface area contributed by atoms with Crippen LogP contribution in [-0.2, 0) is 11.3 Å². The molecule has 1 fully saturated rings. The van der Waals surface area contributed by atoms with Crippen molar-refractivity contribution >= 4 is 5.69 Å². The van der Waals surface area contributed by atoms with Gasteiger partial charge in [-0.2, -0.15) is 0 Å². The molecule has 2 N–H and O–H groups in total. The van der Waals surface area contributed by atoms with Gasteiger partial charge in [0.2, 0.25) is 0 Å². The molecule has 0 amide bonds. The minimum atomic E-state index is 0.785. The predicted molar refractivity (Wildman–Crippen MR) is 70.8 cm³/mol. The molecule has 0 spiro atoms. The SMILES string of the molecule is COCCCN(Cc1cccc(N)c1)C1CC1. The van der Waals surface area contributed by atoms with E-state index in [4.69, 9.17) is 10.5 Å². The fourth-order valence-electron chi connectivity index (χ4n) is 2.17. The van der Waals surface area contributed by atoms with Gasteiger partial charge in [-0.15, -0.1) is 0 Å². The molecular formula is C14H22N2O. The number of ether oxygens (including phenoxy) is 1. The van der Waals surface area contributed by atoms with Crippen LogP contribution in [0.2, 0.25) is 0 Å². The van der Waals surface area contributed by atoms with E-state index in [1.807, 2.05) is 12.1 Å². The smallest absolute Gasteiger partial charge is 0.0474 e. The van der Waals surface area contributed by atoms with Crippen molar-refractivity contribution in [1.29, 1.82) is 0 Å². The van der Waals surface area contributed by atoms with Crippen LogP contribution in [0.15, 0.2) is 24.3 Å². The van der Waals surface area contributed by atoms with Crippen molar-refractivity contribution in [1.82, 2.24) is 4.90 Å². The van der Waals surface area contributed by atoms with Gasteiger partial charge >= 0.3 is 0 Å². The maximum atomic E-state index is 5.81. The third-order valence-corrected chi connectivity index (χ3v) is 3.19. The molecule has 1 saturated carbocycles. The number of nitrogens with zero attached hydrogens (tertiary/aromatic N) is 1. The first-order chi connectivity index (χ1) is 8.29. The molecule has 0 aliphatic heterocycles. The number of nitrogens with two attached hydrogens (primary N) is 1. The number of benzene rings is 1. The molecule has 1 aromatic rings. The van der Waals surface area contributed by atoms with Gasteiger partial charge < -0.3 is 10.5 Å². The van der Waals surface area contributed by atoms with Crippen LogP contribution in [0.25, 0.3) is 0 Å². The van der Waals surface area contributed by atoms with Gasteiger partial charge in [0, 0.05) is 38.5 Å². The summed E-state index contributed by atoms with van der Waals surface area (Å²) in [6, 6.07) is 8.99. The highest BCUT2D eigenvalue weighted by Gasteiger charge is 2.28. The zero-order chi connectivity index (χ0) is 12.1. The summed E-state index contributed by atoms with van der Waals surface area (Å²) in [6.45, 7) is 2.98. The average Bonchev–Trinajstić information content (AvgIpc) is 3.12. The van der Waals surface area contributed by atoms with Gasteiger partial charge in [0.15, 0.2) is 0 Å². The monoisotopic (exact) mass is 234 g/mol. The Morgan fingerprint density at radius 2 is 2.24 bits per heavy atom. The topological polar surface area (TPSA) is 38.5 Å². The Kier molecular flexibility index (Phi) is 4.40. The molecule has 0 unspecified atom stereocenters. The van der Waals surface area contributed by atoms with Gasteiger partial charge in [0.25, 0.3) is 0 Å². The Bertz CT molecular complexity index is 350. The van der Waals surface area contributed by atoms with E-state index < -0.39 is 0 Å². The quantitative estimate of drug-likeness (QED) is 0.581. The number of anilines is 1. The van der Waals surface area contributed by atoms with Crippen molar-refractivity contribution in [2.75, 3.05) is 26.0 Å². The van der Waals surface area contributed by atoms with E-state index in [1.165, 1.54) is 18.4 Å². The van der Waals surface area contributed by atoms with Crippen LogP contribution in [-0.4, -0.2) is 31.2 Å². The number of nitrogen functional groups attached to an aromatic ring is 1. The summed E-state index contributed by atoms with van der Waals surface area (Å²) in [4.78, 5) is 2.55. The Balaban J connectivity index is 1.88. The van der Waals surface area contributed by atoms with Gasteiger partial charge in [0.05, 0.1) is 0 Å². The van der Waals surface area contributed by atoms with Gasteiger partial charge in [-0.1, -0.05) is 12.1 Å². The van der Waals surface area contributed by atoms with E-state index in [2.05, 4.69) is 17.0 Å². The minimum Gasteiger partial charge on any atom is -0.399 e. The van der Waals surface area contributed by atoms with Crippen molar-refractivity contribution in [2.24, 2.45) is 0 Å². The molecule has 1 aliphatic rings. The van der Waals surface area contributed by atoms with Crippen LogP contribution >= 0.6 is 0 Å². The molecule has 0 radical (unpaired) electrons. The third-order valence-electron chi connectivity index (χ3n) is 3.19. The van der Waals surface area contributed by atoms with Crippen LogP contribution in [0.1, 0.15) is 24.8 Å². The second-order valence-corrected chi connectivity index (χ2v) is 4.79. The number of hydrogen-bond donors (Lipinski definition) is 1. The van der Waals surface area contributed by atoms with Crippen molar-refractivity contribution in [2.45, 2.75) is 31.8 Å². The number of hydrogen-bond acceptors (Lipinski definition) is 3. The Hall–Kier alpha value is -1.06. The number of methoxy groups -OCH3 is 1. The van der Waals surface area contributed by atoms with Crippen molar-refractivity contribution in [3.05, 3.63) is 29.8 Å². The zero-order valence-corrected chi connectivity index (χ0v) is 10.6. The van der Waals surface area contributed by atoms with Crippen LogP contribution in [0.3, 0.4) is 0 Å². The molecule has 94 valence electrons. The van der Waals surface area contributed by atoms with E-state index in [1.54, 1.807) is 7.11 Å². The largest absolute Gasteiger partial charge is 0.399 e. The summed E-state index contributed by atoms with van der Waals surface area (Å²) in [7, 11) is 1.76. The van der Waals surface area contributed by atoms with E-state index in [0.717, 1.165) is 37.8 Å². The Morgan fingerprint density at radius 3 is 2.88 bits per heavy atom. The third kappa shape index (κ3) is 4.02. The van der Waals surface area contributed by atoms with Crippen LogP contribution in [0, 0.1) is 0 Å². The van der Waals surface area contributed by atoms with E-state index in [9.17, 15) is 0 Å². The fraction of sp³-hybridized carbons (Fsp3) is 0.571. The second-order valence-electron chi connectivity index (χ2n) is 4.79. The molecule has 0 bridgehead atoms. The highest BCUT2D eigenvalue weighted by atomic mass is 16.5. The predicted octanol–water partition coefficient (Wildman–Crippen LogP) is 2.27. The van der Waals surface area contributed by atoms with Crippen molar-refractivity contribution in [3.8, 4) is 0 Å². The number of rotatable bonds is 7. The molecule has 1 aromatic carbocycles. The first-order valence-corrected chi connectivity index (χ1v) is 6.37. The lowest BCUT2D eigenvalue weighted by atomic mass is 10.2. The molecule has 3 nitrogen and oxygen atoms in total. The molecule has 0 aromatic heterocycles. The van der Waals surface area contributed by atoms with E-state index in [-0.39, 0.29) is 0 Å². The van der Waals surface area contributed by atoms with Crippen LogP contribution < -0.4 is 5.73 Å². The van der Waals surface area contributed by atoms with Gasteiger partial charge in [-0.05, 0) is 37.0 Å². The molecule has 1 aliphatic carbocycles. The lowest BCUT2D eigenvalue weighted by molar-refractivity contribution is 0.166. The maximum Gasteiger partial charge on any atom is 0.0474 e. The normalized spacial score (nSPS) is 15.4. The van der Waals surface area contributed by atoms with E-state index >= 15 is 0 Å². The van der Waals surface area contributed by atoms with Crippen LogP contribution in [0.5, 0.6) is 0 Å². The van der Waals surface area contributed by atoms with Crippen LogP contribution in [0.4, 0.5) is 5.69 Å². The molecule has 17 heavy (non-hydrogen) atoms. The Morgan fingerprint density at radius 1 is 1.41 bits per heavy atom. The van der Waals surface area contributed by atoms with Crippen molar-refractivity contribution < 1.29 is 4.74 Å². The summed E-state index contributed by atoms with van der Waals surface area (Å²) < 4.78 is 5.12. The lowest BCUT2D eigenvalue weighted by Gasteiger charge is -2.22. The highest BCUT2D eigenvalue weighted by molar-refractivity contribution is 5.40.